The molecule has 0 spiro atoms. The lowest BCUT2D eigenvalue weighted by atomic mass is 9.81. The molecule has 120 valence electrons. The highest BCUT2D eigenvalue weighted by Crippen LogP contribution is 2.31. The molecule has 0 aromatic rings. The Bertz CT molecular complexity index is 402. The zero-order valence-corrected chi connectivity index (χ0v) is 13.6. The number of ether oxygens (including phenoxy) is 1. The molecule has 5 heteroatoms. The van der Waals surface area contributed by atoms with Crippen molar-refractivity contribution in [2.75, 3.05) is 13.7 Å². The number of hydrogen-bond donors (Lipinski definition) is 1. The quantitative estimate of drug-likeness (QED) is 0.859. The van der Waals surface area contributed by atoms with Crippen LogP contribution in [0.25, 0.3) is 0 Å². The third-order valence-corrected chi connectivity index (χ3v) is 5.01. The SMILES string of the molecule is COC(C)CN1C(=O)C(C2CCCCC2)NC(=O)C1(C)C. The standard InChI is InChI=1S/C16H28N2O3/c1-11(21-4)10-18-14(19)13(12-8-6-5-7-9-12)17-15(20)16(18,2)3/h11-13H,5-10H2,1-4H3,(H,17,20). The van der Waals surface area contributed by atoms with Gasteiger partial charge in [0, 0.05) is 13.7 Å². The second-order valence-electron chi connectivity index (χ2n) is 6.90. The highest BCUT2D eigenvalue weighted by Gasteiger charge is 2.48. The van der Waals surface area contributed by atoms with Gasteiger partial charge in [-0.2, -0.15) is 0 Å². The van der Waals surface area contributed by atoms with Gasteiger partial charge < -0.3 is 15.0 Å². The monoisotopic (exact) mass is 296 g/mol. The molecule has 2 rings (SSSR count). The molecule has 2 atom stereocenters. The molecule has 1 aliphatic heterocycles. The molecule has 0 bridgehead atoms. The summed E-state index contributed by atoms with van der Waals surface area (Å²) in [4.78, 5) is 27.0. The maximum atomic E-state index is 12.9. The van der Waals surface area contributed by atoms with E-state index in [1.807, 2.05) is 6.92 Å². The van der Waals surface area contributed by atoms with Crippen molar-refractivity contribution >= 4 is 11.8 Å². The molecule has 2 fully saturated rings. The van der Waals surface area contributed by atoms with Gasteiger partial charge in [-0.25, -0.2) is 0 Å². The van der Waals surface area contributed by atoms with Crippen molar-refractivity contribution < 1.29 is 14.3 Å². The zero-order valence-electron chi connectivity index (χ0n) is 13.6. The van der Waals surface area contributed by atoms with Crippen molar-refractivity contribution in [1.82, 2.24) is 10.2 Å². The molecule has 0 radical (unpaired) electrons. The smallest absolute Gasteiger partial charge is 0.246 e. The van der Waals surface area contributed by atoms with E-state index in [9.17, 15) is 9.59 Å². The summed E-state index contributed by atoms with van der Waals surface area (Å²) in [5.41, 5.74) is -0.810. The van der Waals surface area contributed by atoms with Crippen LogP contribution in [0, 0.1) is 5.92 Å². The lowest BCUT2D eigenvalue weighted by molar-refractivity contribution is -0.159. The van der Waals surface area contributed by atoms with Gasteiger partial charge in [0.1, 0.15) is 11.6 Å². The minimum Gasteiger partial charge on any atom is -0.380 e. The van der Waals surface area contributed by atoms with Crippen LogP contribution in [0.3, 0.4) is 0 Å². The van der Waals surface area contributed by atoms with E-state index in [-0.39, 0.29) is 29.9 Å². The summed E-state index contributed by atoms with van der Waals surface area (Å²) in [6.07, 6.45) is 5.53. The first-order valence-electron chi connectivity index (χ1n) is 8.03. The first kappa shape index (κ1) is 16.3. The van der Waals surface area contributed by atoms with Crippen LogP contribution in [0.2, 0.25) is 0 Å². The molecular weight excluding hydrogens is 268 g/mol. The Morgan fingerprint density at radius 3 is 2.48 bits per heavy atom. The molecule has 2 aliphatic rings. The van der Waals surface area contributed by atoms with Crippen LogP contribution in [0.15, 0.2) is 0 Å². The lowest BCUT2D eigenvalue weighted by Gasteiger charge is -2.47. The first-order valence-corrected chi connectivity index (χ1v) is 8.03. The summed E-state index contributed by atoms with van der Waals surface area (Å²) in [6.45, 7) is 5.99. The van der Waals surface area contributed by atoms with Crippen molar-refractivity contribution in [3.63, 3.8) is 0 Å². The van der Waals surface area contributed by atoms with E-state index in [4.69, 9.17) is 4.74 Å². The Labute approximate surface area is 127 Å². The van der Waals surface area contributed by atoms with E-state index in [1.165, 1.54) is 6.42 Å². The van der Waals surface area contributed by atoms with Gasteiger partial charge in [0.15, 0.2) is 0 Å². The van der Waals surface area contributed by atoms with Crippen LogP contribution < -0.4 is 5.32 Å². The molecule has 1 N–H and O–H groups in total. The maximum absolute atomic E-state index is 12.9. The van der Waals surface area contributed by atoms with Gasteiger partial charge in [0.25, 0.3) is 0 Å². The van der Waals surface area contributed by atoms with Gasteiger partial charge in [-0.05, 0) is 39.5 Å². The van der Waals surface area contributed by atoms with Crippen LogP contribution in [0.4, 0.5) is 0 Å². The number of amides is 2. The second-order valence-corrected chi connectivity index (χ2v) is 6.90. The zero-order chi connectivity index (χ0) is 15.6. The molecule has 1 saturated carbocycles. The average Bonchev–Trinajstić information content (AvgIpc) is 2.48. The summed E-state index contributed by atoms with van der Waals surface area (Å²) in [5, 5.41) is 2.98. The summed E-state index contributed by atoms with van der Waals surface area (Å²) >= 11 is 0. The average molecular weight is 296 g/mol. The van der Waals surface area contributed by atoms with Gasteiger partial charge in [-0.1, -0.05) is 19.3 Å². The van der Waals surface area contributed by atoms with Crippen LogP contribution in [-0.4, -0.2) is 48.1 Å². The Kier molecular flexibility index (Phi) is 4.91. The molecule has 1 heterocycles. The van der Waals surface area contributed by atoms with Crippen LogP contribution >= 0.6 is 0 Å². The number of hydrogen-bond acceptors (Lipinski definition) is 3. The maximum Gasteiger partial charge on any atom is 0.246 e. The largest absolute Gasteiger partial charge is 0.380 e. The topological polar surface area (TPSA) is 58.6 Å². The van der Waals surface area contributed by atoms with Crippen LogP contribution in [0.5, 0.6) is 0 Å². The van der Waals surface area contributed by atoms with Crippen molar-refractivity contribution in [3.8, 4) is 0 Å². The second kappa shape index (κ2) is 6.34. The summed E-state index contributed by atoms with van der Waals surface area (Å²) in [6, 6.07) is -0.352. The van der Waals surface area contributed by atoms with E-state index in [2.05, 4.69) is 5.32 Å². The van der Waals surface area contributed by atoms with E-state index < -0.39 is 5.54 Å². The number of methoxy groups -OCH3 is 1. The fourth-order valence-electron chi connectivity index (χ4n) is 3.38. The van der Waals surface area contributed by atoms with Gasteiger partial charge in [0.05, 0.1) is 6.10 Å². The fourth-order valence-corrected chi connectivity index (χ4v) is 3.38. The number of piperazine rings is 1. The molecule has 2 unspecified atom stereocenters. The Morgan fingerprint density at radius 2 is 1.90 bits per heavy atom. The fraction of sp³-hybridized carbons (Fsp3) is 0.875. The molecule has 1 aliphatic carbocycles. The molecule has 2 amide bonds. The highest BCUT2D eigenvalue weighted by atomic mass is 16.5. The predicted molar refractivity (Wildman–Crippen MR) is 80.8 cm³/mol. The third-order valence-electron chi connectivity index (χ3n) is 5.01. The molecule has 0 aromatic heterocycles. The number of rotatable bonds is 4. The van der Waals surface area contributed by atoms with Crippen molar-refractivity contribution in [1.29, 1.82) is 0 Å². The summed E-state index contributed by atoms with van der Waals surface area (Å²) in [7, 11) is 1.63. The van der Waals surface area contributed by atoms with E-state index >= 15 is 0 Å². The number of nitrogens with zero attached hydrogens (tertiary/aromatic N) is 1. The number of carbonyl (C=O) groups is 2. The molecule has 1 saturated heterocycles. The van der Waals surface area contributed by atoms with Gasteiger partial charge >= 0.3 is 0 Å². The summed E-state index contributed by atoms with van der Waals surface area (Å²) in [5.74, 6) is 0.281. The minimum absolute atomic E-state index is 0.0513. The van der Waals surface area contributed by atoms with Crippen molar-refractivity contribution in [3.05, 3.63) is 0 Å². The molecular formula is C16H28N2O3. The normalized spacial score (nSPS) is 28.4. The van der Waals surface area contributed by atoms with Gasteiger partial charge in [-0.3, -0.25) is 9.59 Å². The highest BCUT2D eigenvalue weighted by molar-refractivity contribution is 5.99. The Balaban J connectivity index is 2.18. The van der Waals surface area contributed by atoms with Gasteiger partial charge in [-0.15, -0.1) is 0 Å². The Morgan fingerprint density at radius 1 is 1.29 bits per heavy atom. The number of nitrogens with one attached hydrogen (secondary N) is 1. The first-order chi connectivity index (χ1) is 9.87. The molecule has 5 nitrogen and oxygen atoms in total. The van der Waals surface area contributed by atoms with E-state index in [0.717, 1.165) is 25.7 Å². The van der Waals surface area contributed by atoms with Crippen LogP contribution in [0.1, 0.15) is 52.9 Å². The molecule has 0 aromatic carbocycles. The van der Waals surface area contributed by atoms with E-state index in [0.29, 0.717) is 6.54 Å². The number of carbonyl (C=O) groups excluding carboxylic acids is 2. The van der Waals surface area contributed by atoms with Crippen molar-refractivity contribution in [2.24, 2.45) is 5.92 Å². The summed E-state index contributed by atoms with van der Waals surface area (Å²) < 4.78 is 5.28. The van der Waals surface area contributed by atoms with Gasteiger partial charge in [0.2, 0.25) is 11.8 Å². The third kappa shape index (κ3) is 3.23. The van der Waals surface area contributed by atoms with E-state index in [1.54, 1.807) is 25.9 Å². The van der Waals surface area contributed by atoms with Crippen molar-refractivity contribution in [2.45, 2.75) is 70.6 Å². The predicted octanol–water partition coefficient (Wildman–Crippen LogP) is 1.71. The van der Waals surface area contributed by atoms with Crippen LogP contribution in [-0.2, 0) is 14.3 Å². The Hall–Kier alpha value is -1.10. The lowest BCUT2D eigenvalue weighted by Crippen LogP contribution is -2.70. The minimum atomic E-state index is -0.810. The molecule has 21 heavy (non-hydrogen) atoms.